The van der Waals surface area contributed by atoms with Crippen LogP contribution in [-0.4, -0.2) is 89.5 Å². The highest BCUT2D eigenvalue weighted by molar-refractivity contribution is 5.99. The molecule has 0 saturated carbocycles. The van der Waals surface area contributed by atoms with E-state index in [1.54, 1.807) is 11.1 Å². The van der Waals surface area contributed by atoms with Crippen LogP contribution in [0.4, 0.5) is 10.1 Å². The van der Waals surface area contributed by atoms with Crippen molar-refractivity contribution in [2.24, 2.45) is 0 Å². The SMILES string of the molecule is C=CC(=O)N1CCN(c2c(C#N)c(OC[C@@H]3C[C@H](F)CN3C)nc3c(Oc4c(C)ccc5[nH]ncc45)cccc23)CC1. The van der Waals surface area contributed by atoms with Crippen molar-refractivity contribution < 1.29 is 18.7 Å². The molecule has 0 unspecified atom stereocenters. The Morgan fingerprint density at radius 3 is 2.76 bits per heavy atom. The number of carbonyl (C=O) groups is 1. The summed E-state index contributed by atoms with van der Waals surface area (Å²) in [5.74, 6) is 1.21. The number of H-pyrrole nitrogens is 1. The van der Waals surface area contributed by atoms with Gasteiger partial charge in [-0.25, -0.2) is 9.37 Å². The van der Waals surface area contributed by atoms with Crippen molar-refractivity contribution in [2.75, 3.05) is 51.3 Å². The highest BCUT2D eigenvalue weighted by atomic mass is 19.1. The van der Waals surface area contributed by atoms with Crippen LogP contribution in [-0.2, 0) is 4.79 Å². The van der Waals surface area contributed by atoms with E-state index >= 15 is 0 Å². The third kappa shape index (κ3) is 4.99. The standard InChI is InChI=1S/C31H32FN7O3/c1-4-27(40)38-10-12-39(13-11-38)29-22-6-5-7-26(42-30-19(2)8-9-25-24(30)16-34-36-25)28(22)35-31(23(29)15-33)41-18-21-14-20(32)17-37(21)3/h4-9,16,20-21H,1,10-14,17-18H2,2-3H3,(H,34,36)/t20-,21-/m0/s1. The smallest absolute Gasteiger partial charge is 0.246 e. The second kappa shape index (κ2) is 11.3. The van der Waals surface area contributed by atoms with Crippen LogP contribution in [0.5, 0.6) is 17.4 Å². The Kier molecular flexibility index (Phi) is 7.39. The fourth-order valence-corrected chi connectivity index (χ4v) is 5.85. The number of carbonyl (C=O) groups excluding carboxylic acids is 1. The number of fused-ring (bicyclic) bond motifs is 2. The molecule has 11 heteroatoms. The molecule has 42 heavy (non-hydrogen) atoms. The number of aryl methyl sites for hydroxylation is 1. The van der Waals surface area contributed by atoms with E-state index < -0.39 is 6.17 Å². The van der Waals surface area contributed by atoms with E-state index in [-0.39, 0.29) is 24.4 Å². The van der Waals surface area contributed by atoms with Gasteiger partial charge in [0, 0.05) is 44.2 Å². The van der Waals surface area contributed by atoms with E-state index in [1.165, 1.54) is 6.08 Å². The first-order valence-corrected chi connectivity index (χ1v) is 14.0. The van der Waals surface area contributed by atoms with Crippen molar-refractivity contribution >= 4 is 33.4 Å². The number of alkyl halides is 1. The minimum absolute atomic E-state index is 0.120. The Labute approximate surface area is 242 Å². The highest BCUT2D eigenvalue weighted by Crippen LogP contribution is 2.42. The molecule has 2 aliphatic rings. The predicted octanol–water partition coefficient (Wildman–Crippen LogP) is 4.34. The minimum atomic E-state index is -0.914. The first kappa shape index (κ1) is 27.5. The van der Waals surface area contributed by atoms with Gasteiger partial charge in [-0.15, -0.1) is 0 Å². The zero-order valence-corrected chi connectivity index (χ0v) is 23.6. The number of anilines is 1. The fraction of sp³-hybridized carbons (Fsp3) is 0.355. The molecule has 1 N–H and O–H groups in total. The molecule has 2 aromatic heterocycles. The third-order valence-electron chi connectivity index (χ3n) is 8.15. The van der Waals surface area contributed by atoms with Gasteiger partial charge in [-0.2, -0.15) is 10.4 Å². The van der Waals surface area contributed by atoms with Crippen molar-refractivity contribution in [2.45, 2.75) is 25.6 Å². The second-order valence-corrected chi connectivity index (χ2v) is 10.8. The molecule has 0 spiro atoms. The summed E-state index contributed by atoms with van der Waals surface area (Å²) in [6.45, 7) is 8.11. The Morgan fingerprint density at radius 1 is 1.24 bits per heavy atom. The topological polar surface area (TPSA) is 111 Å². The molecule has 0 radical (unpaired) electrons. The van der Waals surface area contributed by atoms with Gasteiger partial charge < -0.3 is 19.3 Å². The van der Waals surface area contributed by atoms with Gasteiger partial charge in [0.1, 0.15) is 35.7 Å². The number of nitriles is 1. The molecule has 2 aromatic carbocycles. The molecule has 2 saturated heterocycles. The van der Waals surface area contributed by atoms with E-state index in [0.717, 1.165) is 21.9 Å². The lowest BCUT2D eigenvalue weighted by Gasteiger charge is -2.36. The van der Waals surface area contributed by atoms with Gasteiger partial charge in [0.2, 0.25) is 11.8 Å². The first-order chi connectivity index (χ1) is 20.4. The van der Waals surface area contributed by atoms with Crippen LogP contribution < -0.4 is 14.4 Å². The van der Waals surface area contributed by atoms with E-state index in [2.05, 4.69) is 27.7 Å². The number of halogens is 1. The summed E-state index contributed by atoms with van der Waals surface area (Å²) in [6, 6.07) is 11.7. The van der Waals surface area contributed by atoms with Crippen LogP contribution in [0, 0.1) is 18.3 Å². The lowest BCUT2D eigenvalue weighted by molar-refractivity contribution is -0.126. The van der Waals surface area contributed by atoms with Gasteiger partial charge in [-0.05, 0) is 44.2 Å². The number of rotatable bonds is 7. The zero-order chi connectivity index (χ0) is 29.4. The van der Waals surface area contributed by atoms with Gasteiger partial charge in [0.25, 0.3) is 0 Å². The number of pyridine rings is 1. The summed E-state index contributed by atoms with van der Waals surface area (Å²) in [5.41, 5.74) is 3.29. The zero-order valence-electron chi connectivity index (χ0n) is 23.6. The van der Waals surface area contributed by atoms with Gasteiger partial charge in [0.05, 0.1) is 22.8 Å². The number of hydrogen-bond donors (Lipinski definition) is 1. The number of likely N-dealkylation sites (tertiary alicyclic amines) is 1. The average molecular weight is 570 g/mol. The van der Waals surface area contributed by atoms with Crippen LogP contribution >= 0.6 is 0 Å². The number of nitrogens with one attached hydrogen (secondary N) is 1. The van der Waals surface area contributed by atoms with Gasteiger partial charge in [0.15, 0.2) is 5.75 Å². The molecule has 0 bridgehead atoms. The molecule has 10 nitrogen and oxygen atoms in total. The molecule has 0 aliphatic carbocycles. The number of ether oxygens (including phenoxy) is 2. The quantitative estimate of drug-likeness (QED) is 0.328. The molecular formula is C31H32FN7O3. The van der Waals surface area contributed by atoms with Crippen LogP contribution in [0.15, 0.2) is 49.2 Å². The van der Waals surface area contributed by atoms with Crippen molar-refractivity contribution in [3.63, 3.8) is 0 Å². The molecule has 4 heterocycles. The number of benzene rings is 2. The van der Waals surface area contributed by atoms with Gasteiger partial charge in [-0.1, -0.05) is 24.8 Å². The number of hydrogen-bond acceptors (Lipinski definition) is 8. The number of nitrogens with zero attached hydrogens (tertiary/aromatic N) is 6. The maximum atomic E-state index is 14.1. The molecule has 2 fully saturated rings. The van der Waals surface area contributed by atoms with Crippen LogP contribution in [0.3, 0.4) is 0 Å². The third-order valence-corrected chi connectivity index (χ3v) is 8.15. The lowest BCUT2D eigenvalue weighted by atomic mass is 10.1. The largest absolute Gasteiger partial charge is 0.475 e. The first-order valence-electron chi connectivity index (χ1n) is 14.0. The maximum Gasteiger partial charge on any atom is 0.246 e. The molecule has 2 atom stereocenters. The monoisotopic (exact) mass is 569 g/mol. The molecule has 216 valence electrons. The van der Waals surface area contributed by atoms with Gasteiger partial charge >= 0.3 is 0 Å². The Balaban J connectivity index is 1.45. The van der Waals surface area contributed by atoms with Crippen LogP contribution in [0.2, 0.25) is 0 Å². The minimum Gasteiger partial charge on any atom is -0.475 e. The van der Waals surface area contributed by atoms with Gasteiger partial charge in [-0.3, -0.25) is 14.8 Å². The summed E-state index contributed by atoms with van der Waals surface area (Å²) in [5, 5.41) is 19.1. The normalized spacial score (nSPS) is 19.3. The number of piperazine rings is 1. The Hall–Kier alpha value is -4.69. The highest BCUT2D eigenvalue weighted by Gasteiger charge is 2.31. The maximum absolute atomic E-state index is 14.1. The van der Waals surface area contributed by atoms with E-state index in [1.807, 2.05) is 49.2 Å². The molecule has 2 aliphatic heterocycles. The average Bonchev–Trinajstić information content (AvgIpc) is 3.61. The summed E-state index contributed by atoms with van der Waals surface area (Å²) >= 11 is 0. The summed E-state index contributed by atoms with van der Waals surface area (Å²) in [7, 11) is 1.87. The number of para-hydroxylation sites is 1. The number of likely N-dealkylation sites (N-methyl/N-ethyl adjacent to an activating group) is 1. The van der Waals surface area contributed by atoms with Crippen molar-refractivity contribution in [3.8, 4) is 23.4 Å². The number of aromatic amines is 1. The molecule has 6 rings (SSSR count). The molecule has 4 aromatic rings. The van der Waals surface area contributed by atoms with E-state index in [4.69, 9.17) is 14.5 Å². The summed E-state index contributed by atoms with van der Waals surface area (Å²) in [6.07, 6.45) is 2.49. The molecule has 1 amide bonds. The fourth-order valence-electron chi connectivity index (χ4n) is 5.85. The van der Waals surface area contributed by atoms with E-state index in [0.29, 0.717) is 67.4 Å². The lowest BCUT2D eigenvalue weighted by Crippen LogP contribution is -2.48. The summed E-state index contributed by atoms with van der Waals surface area (Å²) in [4.78, 5) is 22.8. The summed E-state index contributed by atoms with van der Waals surface area (Å²) < 4.78 is 26.8. The van der Waals surface area contributed by atoms with Crippen molar-refractivity contribution in [1.82, 2.24) is 25.0 Å². The predicted molar refractivity (Wildman–Crippen MR) is 158 cm³/mol. The van der Waals surface area contributed by atoms with E-state index in [9.17, 15) is 14.4 Å². The Morgan fingerprint density at radius 2 is 2.05 bits per heavy atom. The molecular weight excluding hydrogens is 537 g/mol. The van der Waals surface area contributed by atoms with Crippen molar-refractivity contribution in [1.29, 1.82) is 5.26 Å². The number of amides is 1. The van der Waals surface area contributed by atoms with Crippen LogP contribution in [0.25, 0.3) is 21.8 Å². The van der Waals surface area contributed by atoms with Crippen molar-refractivity contribution in [3.05, 3.63) is 60.3 Å². The Bertz CT molecular complexity index is 1710. The van der Waals surface area contributed by atoms with Crippen LogP contribution in [0.1, 0.15) is 17.5 Å². The number of aromatic nitrogens is 3. The second-order valence-electron chi connectivity index (χ2n) is 10.8.